The molecule has 0 aliphatic carbocycles. The lowest BCUT2D eigenvalue weighted by atomic mass is 10.1. The van der Waals surface area contributed by atoms with Gasteiger partial charge < -0.3 is 9.80 Å². The van der Waals surface area contributed by atoms with Gasteiger partial charge in [0.25, 0.3) is 0 Å². The maximum Gasteiger partial charge on any atom is 0.227 e. The van der Waals surface area contributed by atoms with Crippen molar-refractivity contribution in [3.05, 3.63) is 72.7 Å². The zero-order valence-electron chi connectivity index (χ0n) is 16.4. The summed E-state index contributed by atoms with van der Waals surface area (Å²) in [4.78, 5) is 21.5. The second-order valence-electron chi connectivity index (χ2n) is 7.31. The van der Waals surface area contributed by atoms with Gasteiger partial charge in [0, 0.05) is 43.4 Å². The quantitative estimate of drug-likeness (QED) is 0.523. The van der Waals surface area contributed by atoms with Crippen LogP contribution in [0.1, 0.15) is 5.56 Å². The van der Waals surface area contributed by atoms with Gasteiger partial charge in [0.1, 0.15) is 6.33 Å². The zero-order chi connectivity index (χ0) is 20.3. The Kier molecular flexibility index (Phi) is 4.80. The van der Waals surface area contributed by atoms with E-state index in [2.05, 4.69) is 37.5 Å². The van der Waals surface area contributed by atoms with E-state index in [9.17, 15) is 4.79 Å². The molecular weight excluding hydrogens is 378 g/mol. The van der Waals surface area contributed by atoms with E-state index in [0.717, 1.165) is 48.3 Å². The van der Waals surface area contributed by atoms with Crippen molar-refractivity contribution in [2.24, 2.45) is 0 Å². The van der Waals surface area contributed by atoms with Gasteiger partial charge in [-0.25, -0.2) is 4.68 Å². The molecule has 2 aromatic carbocycles. The second-order valence-corrected chi connectivity index (χ2v) is 7.31. The first-order chi connectivity index (χ1) is 14.8. The number of piperazine rings is 1. The van der Waals surface area contributed by atoms with Gasteiger partial charge in [-0.05, 0) is 40.3 Å². The SMILES string of the molecule is O=C(Cc1ccc(-n2cnnn2)cc1)N1CCN(c2ccnc3ccccc23)CC1. The Balaban J connectivity index is 1.22. The van der Waals surface area contributed by atoms with Gasteiger partial charge in [-0.1, -0.05) is 30.3 Å². The van der Waals surface area contributed by atoms with E-state index in [1.165, 1.54) is 5.69 Å². The zero-order valence-corrected chi connectivity index (χ0v) is 16.4. The highest BCUT2D eigenvalue weighted by molar-refractivity contribution is 5.91. The fraction of sp³-hybridized carbons (Fsp3) is 0.227. The molecule has 1 fully saturated rings. The number of rotatable bonds is 4. The number of anilines is 1. The predicted octanol–water partition coefficient (Wildman–Crippen LogP) is 2.10. The molecule has 0 N–H and O–H groups in total. The first kappa shape index (κ1) is 18.2. The van der Waals surface area contributed by atoms with Crippen LogP contribution in [0.25, 0.3) is 16.6 Å². The van der Waals surface area contributed by atoms with Crippen LogP contribution in [0.2, 0.25) is 0 Å². The number of hydrogen-bond acceptors (Lipinski definition) is 6. The van der Waals surface area contributed by atoms with Crippen LogP contribution < -0.4 is 4.90 Å². The molecule has 30 heavy (non-hydrogen) atoms. The molecule has 0 saturated carbocycles. The molecule has 150 valence electrons. The third-order valence-electron chi connectivity index (χ3n) is 5.50. The minimum Gasteiger partial charge on any atom is -0.367 e. The molecule has 8 heteroatoms. The number of pyridine rings is 1. The molecule has 1 amide bonds. The lowest BCUT2D eigenvalue weighted by Crippen LogP contribution is -2.49. The molecule has 0 atom stereocenters. The fourth-order valence-corrected chi connectivity index (χ4v) is 3.89. The van der Waals surface area contributed by atoms with Crippen molar-refractivity contribution < 1.29 is 4.79 Å². The molecule has 4 aromatic rings. The molecule has 0 unspecified atom stereocenters. The summed E-state index contributed by atoms with van der Waals surface area (Å²) in [6.07, 6.45) is 3.80. The standard InChI is InChI=1S/C22H21N7O/c30-22(15-17-5-7-18(8-6-17)29-16-24-25-26-29)28-13-11-27(12-14-28)21-9-10-23-20-4-2-1-3-19(20)21/h1-10,16H,11-15H2. The number of para-hydroxylation sites is 1. The summed E-state index contributed by atoms with van der Waals surface area (Å²) in [6.45, 7) is 3.08. The van der Waals surface area contributed by atoms with Crippen molar-refractivity contribution in [1.29, 1.82) is 0 Å². The molecule has 1 saturated heterocycles. The normalized spacial score (nSPS) is 14.3. The van der Waals surface area contributed by atoms with Gasteiger partial charge in [0.05, 0.1) is 17.6 Å². The summed E-state index contributed by atoms with van der Waals surface area (Å²) in [7, 11) is 0. The van der Waals surface area contributed by atoms with Crippen molar-refractivity contribution >= 4 is 22.5 Å². The Hall–Kier alpha value is -3.81. The van der Waals surface area contributed by atoms with E-state index in [0.29, 0.717) is 6.42 Å². The molecule has 2 aromatic heterocycles. The van der Waals surface area contributed by atoms with Crippen LogP contribution in [0.5, 0.6) is 0 Å². The Labute approximate surface area is 173 Å². The third kappa shape index (κ3) is 3.59. The number of tetrazole rings is 1. The van der Waals surface area contributed by atoms with Crippen LogP contribution in [0.3, 0.4) is 0 Å². The minimum atomic E-state index is 0.157. The number of amides is 1. The summed E-state index contributed by atoms with van der Waals surface area (Å²) in [5, 5.41) is 12.3. The van der Waals surface area contributed by atoms with E-state index < -0.39 is 0 Å². The van der Waals surface area contributed by atoms with Crippen LogP contribution in [0.4, 0.5) is 5.69 Å². The first-order valence-electron chi connectivity index (χ1n) is 9.97. The van der Waals surface area contributed by atoms with Crippen LogP contribution in [0, 0.1) is 0 Å². The highest BCUT2D eigenvalue weighted by Crippen LogP contribution is 2.26. The van der Waals surface area contributed by atoms with Crippen LogP contribution in [0.15, 0.2) is 67.1 Å². The van der Waals surface area contributed by atoms with Gasteiger partial charge in [0.15, 0.2) is 0 Å². The van der Waals surface area contributed by atoms with Crippen molar-refractivity contribution in [2.75, 3.05) is 31.1 Å². The molecule has 0 radical (unpaired) electrons. The number of nitrogens with zero attached hydrogens (tertiary/aromatic N) is 7. The Morgan fingerprint density at radius 3 is 2.50 bits per heavy atom. The Morgan fingerprint density at radius 2 is 1.73 bits per heavy atom. The molecule has 0 spiro atoms. The van der Waals surface area contributed by atoms with E-state index >= 15 is 0 Å². The third-order valence-corrected chi connectivity index (χ3v) is 5.50. The summed E-state index contributed by atoms with van der Waals surface area (Å²) in [5.41, 5.74) is 4.04. The summed E-state index contributed by atoms with van der Waals surface area (Å²) < 4.78 is 1.59. The molecule has 3 heterocycles. The molecule has 8 nitrogen and oxygen atoms in total. The van der Waals surface area contributed by atoms with Crippen LogP contribution in [-0.4, -0.2) is 62.2 Å². The van der Waals surface area contributed by atoms with Gasteiger partial charge >= 0.3 is 0 Å². The van der Waals surface area contributed by atoms with Crippen LogP contribution in [-0.2, 0) is 11.2 Å². The second kappa shape index (κ2) is 7.90. The fourth-order valence-electron chi connectivity index (χ4n) is 3.89. The number of carbonyl (C=O) groups is 1. The summed E-state index contributed by atoms with van der Waals surface area (Å²) >= 11 is 0. The number of hydrogen-bond donors (Lipinski definition) is 0. The number of fused-ring (bicyclic) bond motifs is 1. The number of carbonyl (C=O) groups excluding carboxylic acids is 1. The van der Waals surface area contributed by atoms with E-state index in [4.69, 9.17) is 0 Å². The van der Waals surface area contributed by atoms with Crippen molar-refractivity contribution in [2.45, 2.75) is 6.42 Å². The Bertz CT molecular complexity index is 1140. The lowest BCUT2D eigenvalue weighted by molar-refractivity contribution is -0.130. The molecule has 0 bridgehead atoms. The monoisotopic (exact) mass is 399 g/mol. The minimum absolute atomic E-state index is 0.157. The van der Waals surface area contributed by atoms with Gasteiger partial charge in [-0.15, -0.1) is 5.10 Å². The average molecular weight is 399 g/mol. The van der Waals surface area contributed by atoms with E-state index in [1.54, 1.807) is 11.0 Å². The van der Waals surface area contributed by atoms with Crippen molar-refractivity contribution in [3.63, 3.8) is 0 Å². The largest absolute Gasteiger partial charge is 0.367 e. The van der Waals surface area contributed by atoms with Gasteiger partial charge in [-0.2, -0.15) is 0 Å². The molecular formula is C22H21N7O. The van der Waals surface area contributed by atoms with Gasteiger partial charge in [-0.3, -0.25) is 9.78 Å². The summed E-state index contributed by atoms with van der Waals surface area (Å²) in [6, 6.07) is 18.0. The van der Waals surface area contributed by atoms with E-state index in [-0.39, 0.29) is 5.91 Å². The number of benzene rings is 2. The predicted molar refractivity (Wildman–Crippen MR) is 113 cm³/mol. The highest BCUT2D eigenvalue weighted by Gasteiger charge is 2.22. The summed E-state index contributed by atoms with van der Waals surface area (Å²) in [5.74, 6) is 0.157. The molecule has 1 aliphatic rings. The molecule has 1 aliphatic heterocycles. The first-order valence-corrected chi connectivity index (χ1v) is 9.97. The van der Waals surface area contributed by atoms with Crippen LogP contribution >= 0.6 is 0 Å². The maximum absolute atomic E-state index is 12.8. The van der Waals surface area contributed by atoms with E-state index in [1.807, 2.05) is 53.6 Å². The van der Waals surface area contributed by atoms with Crippen molar-refractivity contribution in [3.8, 4) is 5.69 Å². The number of aromatic nitrogens is 5. The Morgan fingerprint density at radius 1 is 0.933 bits per heavy atom. The maximum atomic E-state index is 12.8. The average Bonchev–Trinajstić information content (AvgIpc) is 3.34. The topological polar surface area (TPSA) is 80.0 Å². The highest BCUT2D eigenvalue weighted by atomic mass is 16.2. The molecule has 5 rings (SSSR count). The lowest BCUT2D eigenvalue weighted by Gasteiger charge is -2.36. The van der Waals surface area contributed by atoms with Crippen molar-refractivity contribution in [1.82, 2.24) is 30.1 Å². The smallest absolute Gasteiger partial charge is 0.227 e. The van der Waals surface area contributed by atoms with Gasteiger partial charge in [0.2, 0.25) is 5.91 Å².